The summed E-state index contributed by atoms with van der Waals surface area (Å²) in [7, 11) is 1.72. The minimum atomic E-state index is 0.941. The molecule has 100 valence electrons. The Labute approximate surface area is 122 Å². The van der Waals surface area contributed by atoms with E-state index >= 15 is 0 Å². The monoisotopic (exact) mass is 281 g/mol. The highest BCUT2D eigenvalue weighted by molar-refractivity contribution is 8.03. The lowest BCUT2D eigenvalue weighted by Crippen LogP contribution is -2.13. The van der Waals surface area contributed by atoms with Gasteiger partial charge in [0.05, 0.1) is 18.5 Å². The van der Waals surface area contributed by atoms with Crippen LogP contribution in [-0.2, 0) is 6.42 Å². The second kappa shape index (κ2) is 4.60. The SMILES string of the molecule is COc1ccc2c(c1)CCC1=C2Nc2ccccc2S1. The predicted molar refractivity (Wildman–Crippen MR) is 84.2 cm³/mol. The molecule has 2 aromatic carbocycles. The Hall–Kier alpha value is -1.87. The average Bonchev–Trinajstić information content (AvgIpc) is 2.52. The number of nitrogens with one attached hydrogen (secondary N) is 1. The zero-order chi connectivity index (χ0) is 13.5. The van der Waals surface area contributed by atoms with Crippen LogP contribution in [0.5, 0.6) is 5.75 Å². The summed E-state index contributed by atoms with van der Waals surface area (Å²) in [6.07, 6.45) is 2.18. The summed E-state index contributed by atoms with van der Waals surface area (Å²) < 4.78 is 5.33. The van der Waals surface area contributed by atoms with E-state index in [9.17, 15) is 0 Å². The fraction of sp³-hybridized carbons (Fsp3) is 0.176. The van der Waals surface area contributed by atoms with Crippen LogP contribution in [0.25, 0.3) is 5.70 Å². The molecule has 0 saturated heterocycles. The zero-order valence-electron chi connectivity index (χ0n) is 11.3. The molecule has 0 radical (unpaired) electrons. The Morgan fingerprint density at radius 3 is 2.90 bits per heavy atom. The van der Waals surface area contributed by atoms with E-state index < -0.39 is 0 Å². The van der Waals surface area contributed by atoms with Crippen LogP contribution in [0.4, 0.5) is 5.69 Å². The van der Waals surface area contributed by atoms with E-state index in [1.165, 1.54) is 32.3 Å². The first-order chi connectivity index (χ1) is 9.85. The second-order valence-electron chi connectivity index (χ2n) is 5.04. The van der Waals surface area contributed by atoms with E-state index in [4.69, 9.17) is 4.74 Å². The van der Waals surface area contributed by atoms with Crippen molar-refractivity contribution in [1.29, 1.82) is 0 Å². The predicted octanol–water partition coefficient (Wildman–Crippen LogP) is 4.53. The van der Waals surface area contributed by atoms with E-state index in [-0.39, 0.29) is 0 Å². The highest BCUT2D eigenvalue weighted by Crippen LogP contribution is 2.47. The third kappa shape index (κ3) is 1.81. The standard InChI is InChI=1S/C17H15NOS/c1-19-12-7-8-13-11(10-12)6-9-16-17(13)18-14-4-2-3-5-15(14)20-16/h2-5,7-8,10,18H,6,9H2,1H3. The lowest BCUT2D eigenvalue weighted by atomic mass is 9.94. The fourth-order valence-corrected chi connectivity index (χ4v) is 3.94. The van der Waals surface area contributed by atoms with Crippen LogP contribution in [-0.4, -0.2) is 7.11 Å². The number of anilines is 1. The zero-order valence-corrected chi connectivity index (χ0v) is 12.1. The maximum absolute atomic E-state index is 5.33. The number of hydrogen-bond acceptors (Lipinski definition) is 3. The van der Waals surface area contributed by atoms with Crippen LogP contribution < -0.4 is 10.1 Å². The summed E-state index contributed by atoms with van der Waals surface area (Å²) in [5.74, 6) is 0.941. The summed E-state index contributed by atoms with van der Waals surface area (Å²) in [6.45, 7) is 0. The lowest BCUT2D eigenvalue weighted by molar-refractivity contribution is 0.414. The van der Waals surface area contributed by atoms with Crippen molar-refractivity contribution in [2.24, 2.45) is 0 Å². The first kappa shape index (κ1) is 11.9. The molecule has 0 fully saturated rings. The average molecular weight is 281 g/mol. The van der Waals surface area contributed by atoms with Gasteiger partial charge in [-0.15, -0.1) is 0 Å². The molecular formula is C17H15NOS. The minimum absolute atomic E-state index is 0.941. The lowest BCUT2D eigenvalue weighted by Gasteiger charge is -2.29. The second-order valence-corrected chi connectivity index (χ2v) is 6.18. The van der Waals surface area contributed by atoms with Crippen molar-refractivity contribution in [2.45, 2.75) is 17.7 Å². The minimum Gasteiger partial charge on any atom is -0.497 e. The molecule has 4 rings (SSSR count). The van der Waals surface area contributed by atoms with Gasteiger partial charge in [-0.05, 0) is 48.7 Å². The molecule has 0 unspecified atom stereocenters. The number of thioether (sulfide) groups is 1. The number of allylic oxidation sites excluding steroid dienone is 1. The van der Waals surface area contributed by atoms with Gasteiger partial charge in [-0.2, -0.15) is 0 Å². The summed E-state index contributed by atoms with van der Waals surface area (Å²) >= 11 is 1.90. The molecule has 0 atom stereocenters. The Kier molecular flexibility index (Phi) is 2.74. The summed E-state index contributed by atoms with van der Waals surface area (Å²) in [5, 5.41) is 3.61. The number of hydrogen-bond donors (Lipinski definition) is 1. The van der Waals surface area contributed by atoms with Gasteiger partial charge in [-0.25, -0.2) is 0 Å². The van der Waals surface area contributed by atoms with Crippen LogP contribution in [0, 0.1) is 0 Å². The molecule has 0 aromatic heterocycles. The van der Waals surface area contributed by atoms with Gasteiger partial charge in [-0.3, -0.25) is 0 Å². The maximum Gasteiger partial charge on any atom is 0.119 e. The molecule has 1 aliphatic carbocycles. The molecular weight excluding hydrogens is 266 g/mol. The maximum atomic E-state index is 5.33. The number of rotatable bonds is 1. The van der Waals surface area contributed by atoms with Gasteiger partial charge in [0.1, 0.15) is 5.75 Å². The largest absolute Gasteiger partial charge is 0.497 e. The van der Waals surface area contributed by atoms with Crippen molar-refractivity contribution in [3.05, 3.63) is 58.5 Å². The molecule has 1 heterocycles. The van der Waals surface area contributed by atoms with E-state index in [1.54, 1.807) is 7.11 Å². The highest BCUT2D eigenvalue weighted by atomic mass is 32.2. The van der Waals surface area contributed by atoms with Gasteiger partial charge in [0.25, 0.3) is 0 Å². The van der Waals surface area contributed by atoms with Gasteiger partial charge in [0, 0.05) is 15.4 Å². The van der Waals surface area contributed by atoms with Crippen molar-refractivity contribution in [3.8, 4) is 5.75 Å². The van der Waals surface area contributed by atoms with Crippen molar-refractivity contribution in [2.75, 3.05) is 12.4 Å². The number of fused-ring (bicyclic) bond motifs is 3. The quantitative estimate of drug-likeness (QED) is 0.830. The first-order valence-corrected chi connectivity index (χ1v) is 7.61. The van der Waals surface area contributed by atoms with Crippen LogP contribution >= 0.6 is 11.8 Å². The number of methoxy groups -OCH3 is 1. The van der Waals surface area contributed by atoms with Crippen LogP contribution in [0.3, 0.4) is 0 Å². The summed E-state index contributed by atoms with van der Waals surface area (Å²) in [4.78, 5) is 2.77. The molecule has 0 amide bonds. The van der Waals surface area contributed by atoms with Crippen molar-refractivity contribution < 1.29 is 4.74 Å². The first-order valence-electron chi connectivity index (χ1n) is 6.79. The normalized spacial score (nSPS) is 15.8. The van der Waals surface area contributed by atoms with Gasteiger partial charge < -0.3 is 10.1 Å². The third-order valence-corrected chi connectivity index (χ3v) is 5.09. The molecule has 0 bridgehead atoms. The van der Waals surface area contributed by atoms with Gasteiger partial charge in [0.2, 0.25) is 0 Å². The Balaban J connectivity index is 1.80. The highest BCUT2D eigenvalue weighted by Gasteiger charge is 2.24. The van der Waals surface area contributed by atoms with Crippen molar-refractivity contribution in [1.82, 2.24) is 0 Å². The summed E-state index contributed by atoms with van der Waals surface area (Å²) in [5.41, 5.74) is 5.17. The van der Waals surface area contributed by atoms with Crippen LogP contribution in [0.15, 0.2) is 52.3 Å². The van der Waals surface area contributed by atoms with E-state index in [1.807, 2.05) is 17.8 Å². The third-order valence-electron chi connectivity index (χ3n) is 3.86. The Morgan fingerprint density at radius 2 is 2.00 bits per heavy atom. The van der Waals surface area contributed by atoms with E-state index in [2.05, 4.69) is 41.7 Å². The molecule has 0 spiro atoms. The molecule has 1 aliphatic heterocycles. The van der Waals surface area contributed by atoms with Crippen LogP contribution in [0.2, 0.25) is 0 Å². The van der Waals surface area contributed by atoms with E-state index in [0.29, 0.717) is 0 Å². The van der Waals surface area contributed by atoms with Crippen molar-refractivity contribution >= 4 is 23.1 Å². The Bertz CT molecular complexity index is 721. The molecule has 0 saturated carbocycles. The topological polar surface area (TPSA) is 21.3 Å². The number of benzene rings is 2. The van der Waals surface area contributed by atoms with Gasteiger partial charge >= 0.3 is 0 Å². The number of ether oxygens (including phenoxy) is 1. The molecule has 2 nitrogen and oxygen atoms in total. The molecule has 20 heavy (non-hydrogen) atoms. The fourth-order valence-electron chi connectivity index (χ4n) is 2.84. The van der Waals surface area contributed by atoms with E-state index in [0.717, 1.165) is 18.6 Å². The number of aryl methyl sites for hydroxylation is 1. The van der Waals surface area contributed by atoms with Gasteiger partial charge in [-0.1, -0.05) is 23.9 Å². The summed E-state index contributed by atoms with van der Waals surface area (Å²) in [6, 6.07) is 14.9. The molecule has 2 aliphatic rings. The number of para-hydroxylation sites is 1. The Morgan fingerprint density at radius 1 is 1.10 bits per heavy atom. The van der Waals surface area contributed by atoms with Crippen molar-refractivity contribution in [3.63, 3.8) is 0 Å². The molecule has 3 heteroatoms. The smallest absolute Gasteiger partial charge is 0.119 e. The van der Waals surface area contributed by atoms with Crippen LogP contribution in [0.1, 0.15) is 17.5 Å². The molecule has 1 N–H and O–H groups in total. The molecule has 2 aromatic rings. The van der Waals surface area contributed by atoms with Gasteiger partial charge in [0.15, 0.2) is 0 Å².